The molecule has 0 unspecified atom stereocenters. The van der Waals surface area contributed by atoms with Crippen LogP contribution in [0.15, 0.2) is 42.7 Å². The van der Waals surface area contributed by atoms with Gasteiger partial charge >= 0.3 is 11.6 Å². The second-order valence-electron chi connectivity index (χ2n) is 6.09. The Balaban J connectivity index is 1.89. The molecule has 1 N–H and O–H groups in total. The summed E-state index contributed by atoms with van der Waals surface area (Å²) < 4.78 is 5.69. The van der Waals surface area contributed by atoms with E-state index in [1.54, 1.807) is 24.3 Å². The lowest BCUT2D eigenvalue weighted by atomic mass is 10.1. The quantitative estimate of drug-likeness (QED) is 0.406. The van der Waals surface area contributed by atoms with Crippen LogP contribution >= 0.6 is 23.2 Å². The molecule has 2 aromatic carbocycles. The minimum atomic E-state index is -0.574. The Morgan fingerprint density at radius 3 is 2.36 bits per heavy atom. The topological polar surface area (TPSA) is 90.2 Å². The molecule has 0 aliphatic heterocycles. The van der Waals surface area contributed by atoms with E-state index in [4.69, 9.17) is 27.9 Å². The van der Waals surface area contributed by atoms with Gasteiger partial charge in [0.15, 0.2) is 0 Å². The molecule has 0 radical (unpaired) electrons. The highest BCUT2D eigenvalue weighted by molar-refractivity contribution is 6.32. The first-order valence-electron chi connectivity index (χ1n) is 8.27. The second-order valence-corrected chi connectivity index (χ2v) is 6.90. The zero-order valence-electron chi connectivity index (χ0n) is 15.1. The molecular weight excluding hydrogens is 403 g/mol. The van der Waals surface area contributed by atoms with Gasteiger partial charge in [-0.05, 0) is 54.8 Å². The van der Waals surface area contributed by atoms with Crippen molar-refractivity contribution in [3.05, 3.63) is 79.6 Å². The number of nitro groups is 1. The zero-order valence-corrected chi connectivity index (χ0v) is 16.6. The van der Waals surface area contributed by atoms with Crippen LogP contribution in [0.2, 0.25) is 10.0 Å². The molecule has 0 bridgehead atoms. The first-order valence-corrected chi connectivity index (χ1v) is 9.03. The van der Waals surface area contributed by atoms with Crippen molar-refractivity contribution in [3.63, 3.8) is 0 Å². The van der Waals surface area contributed by atoms with E-state index in [9.17, 15) is 10.1 Å². The fourth-order valence-electron chi connectivity index (χ4n) is 2.60. The number of rotatable bonds is 6. The molecule has 1 heterocycles. The Hall–Kier alpha value is -2.90. The maximum Gasteiger partial charge on any atom is 0.373 e. The highest BCUT2D eigenvalue weighted by Gasteiger charge is 2.25. The first kappa shape index (κ1) is 19.9. The molecule has 3 rings (SSSR count). The summed E-state index contributed by atoms with van der Waals surface area (Å²) in [4.78, 5) is 19.0. The van der Waals surface area contributed by atoms with Crippen molar-refractivity contribution in [2.45, 2.75) is 20.4 Å². The Labute approximate surface area is 171 Å². The summed E-state index contributed by atoms with van der Waals surface area (Å²) in [5.41, 5.74) is 2.15. The third-order valence-corrected chi connectivity index (χ3v) is 4.82. The third-order valence-electron chi connectivity index (χ3n) is 3.97. The summed E-state index contributed by atoms with van der Waals surface area (Å²) in [5, 5.41) is 15.8. The van der Waals surface area contributed by atoms with Crippen molar-refractivity contribution >= 4 is 34.7 Å². The molecule has 7 nitrogen and oxygen atoms in total. The summed E-state index contributed by atoms with van der Waals surface area (Å²) in [6, 6.07) is 10.5. The summed E-state index contributed by atoms with van der Waals surface area (Å²) in [6.07, 6.45) is 1.21. The Morgan fingerprint density at radius 2 is 1.75 bits per heavy atom. The standard InChI is InChI=1S/C19H16Cl2N4O3/c1-11-7-15(8-12(2)16(11)21)28-19-17(25(26)27)18(23-10-24-19)22-9-13-3-5-14(20)6-4-13/h3-8,10H,9H2,1-2H3,(H,22,23,24). The van der Waals surface area contributed by atoms with Crippen molar-refractivity contribution < 1.29 is 9.66 Å². The van der Waals surface area contributed by atoms with Crippen LogP contribution in [0.1, 0.15) is 16.7 Å². The van der Waals surface area contributed by atoms with E-state index in [0.29, 0.717) is 22.3 Å². The number of ether oxygens (including phenoxy) is 1. The van der Waals surface area contributed by atoms with E-state index in [-0.39, 0.29) is 17.4 Å². The first-order chi connectivity index (χ1) is 13.3. The van der Waals surface area contributed by atoms with Crippen molar-refractivity contribution in [2.24, 2.45) is 0 Å². The van der Waals surface area contributed by atoms with Gasteiger partial charge < -0.3 is 10.1 Å². The summed E-state index contributed by atoms with van der Waals surface area (Å²) in [5.74, 6) is 0.317. The van der Waals surface area contributed by atoms with Crippen molar-refractivity contribution in [2.75, 3.05) is 5.32 Å². The van der Waals surface area contributed by atoms with E-state index in [2.05, 4.69) is 15.3 Å². The van der Waals surface area contributed by atoms with Gasteiger partial charge in [-0.15, -0.1) is 0 Å². The van der Waals surface area contributed by atoms with E-state index in [0.717, 1.165) is 16.7 Å². The lowest BCUT2D eigenvalue weighted by molar-refractivity contribution is -0.385. The van der Waals surface area contributed by atoms with E-state index in [1.807, 2.05) is 26.0 Å². The molecule has 0 aliphatic rings. The van der Waals surface area contributed by atoms with E-state index >= 15 is 0 Å². The summed E-state index contributed by atoms with van der Waals surface area (Å²) >= 11 is 12.0. The molecule has 0 atom stereocenters. The van der Waals surface area contributed by atoms with Gasteiger partial charge in [-0.1, -0.05) is 35.3 Å². The molecule has 0 spiro atoms. The number of anilines is 1. The Morgan fingerprint density at radius 1 is 1.11 bits per heavy atom. The van der Waals surface area contributed by atoms with Crippen molar-refractivity contribution in [1.82, 2.24) is 9.97 Å². The maximum atomic E-state index is 11.6. The molecule has 0 saturated heterocycles. The number of benzene rings is 2. The Kier molecular flexibility index (Phi) is 5.96. The van der Waals surface area contributed by atoms with Gasteiger partial charge in [0.2, 0.25) is 5.82 Å². The predicted octanol–water partition coefficient (Wildman–Crippen LogP) is 5.71. The zero-order chi connectivity index (χ0) is 20.3. The van der Waals surface area contributed by atoms with Gasteiger partial charge in [0, 0.05) is 16.6 Å². The van der Waals surface area contributed by atoms with Gasteiger partial charge in [0.1, 0.15) is 12.1 Å². The van der Waals surface area contributed by atoms with Gasteiger partial charge in [0.05, 0.1) is 4.92 Å². The molecule has 1 aromatic heterocycles. The fourth-order valence-corrected chi connectivity index (χ4v) is 2.83. The summed E-state index contributed by atoms with van der Waals surface area (Å²) in [7, 11) is 0. The average Bonchev–Trinajstić information content (AvgIpc) is 2.65. The normalized spacial score (nSPS) is 10.6. The molecular formula is C19H16Cl2N4O3. The van der Waals surface area contributed by atoms with Gasteiger partial charge in [0.25, 0.3) is 0 Å². The third kappa shape index (κ3) is 4.49. The van der Waals surface area contributed by atoms with Crippen molar-refractivity contribution in [3.8, 4) is 11.6 Å². The molecule has 0 amide bonds. The van der Waals surface area contributed by atoms with Crippen LogP contribution in [0.4, 0.5) is 11.5 Å². The molecule has 0 aliphatic carbocycles. The highest BCUT2D eigenvalue weighted by atomic mass is 35.5. The van der Waals surface area contributed by atoms with Crippen molar-refractivity contribution in [1.29, 1.82) is 0 Å². The van der Waals surface area contributed by atoms with Crippen LogP contribution in [0.3, 0.4) is 0 Å². The smallest absolute Gasteiger partial charge is 0.373 e. The number of nitrogens with one attached hydrogen (secondary N) is 1. The average molecular weight is 419 g/mol. The maximum absolute atomic E-state index is 11.6. The minimum Gasteiger partial charge on any atom is -0.434 e. The van der Waals surface area contributed by atoms with Crippen LogP contribution in [-0.2, 0) is 6.54 Å². The second kappa shape index (κ2) is 8.41. The minimum absolute atomic E-state index is 0.0624. The molecule has 9 heteroatoms. The predicted molar refractivity (Wildman–Crippen MR) is 108 cm³/mol. The molecule has 144 valence electrons. The molecule has 3 aromatic rings. The fraction of sp³-hybridized carbons (Fsp3) is 0.158. The molecule has 0 saturated carbocycles. The van der Waals surface area contributed by atoms with Crippen LogP contribution < -0.4 is 10.1 Å². The van der Waals surface area contributed by atoms with Gasteiger partial charge in [-0.2, -0.15) is 4.98 Å². The van der Waals surface area contributed by atoms with Crippen LogP contribution in [0.5, 0.6) is 11.6 Å². The molecule has 0 fully saturated rings. The van der Waals surface area contributed by atoms with E-state index in [1.165, 1.54) is 6.33 Å². The number of aromatic nitrogens is 2. The SMILES string of the molecule is Cc1cc(Oc2ncnc(NCc3ccc(Cl)cc3)c2[N+](=O)[O-])cc(C)c1Cl. The number of hydrogen-bond donors (Lipinski definition) is 1. The van der Waals surface area contributed by atoms with Gasteiger partial charge in [-0.3, -0.25) is 10.1 Å². The van der Waals surface area contributed by atoms with Crippen LogP contribution in [-0.4, -0.2) is 14.9 Å². The lowest BCUT2D eigenvalue weighted by Gasteiger charge is -2.11. The van der Waals surface area contributed by atoms with E-state index < -0.39 is 4.92 Å². The summed E-state index contributed by atoms with van der Waals surface area (Å²) in [6.45, 7) is 3.99. The molecule has 28 heavy (non-hydrogen) atoms. The van der Waals surface area contributed by atoms with Crippen LogP contribution in [0.25, 0.3) is 0 Å². The largest absolute Gasteiger partial charge is 0.434 e. The number of nitrogens with zero attached hydrogens (tertiary/aromatic N) is 3. The monoisotopic (exact) mass is 418 g/mol. The number of halogens is 2. The van der Waals surface area contributed by atoms with Crippen LogP contribution in [0, 0.1) is 24.0 Å². The Bertz CT molecular complexity index is 1000. The van der Waals surface area contributed by atoms with Gasteiger partial charge in [-0.25, -0.2) is 4.98 Å². The lowest BCUT2D eigenvalue weighted by Crippen LogP contribution is -2.07. The highest BCUT2D eigenvalue weighted by Crippen LogP contribution is 2.36. The number of aryl methyl sites for hydroxylation is 2. The number of hydrogen-bond acceptors (Lipinski definition) is 6.